The predicted molar refractivity (Wildman–Crippen MR) is 119 cm³/mol. The number of rotatable bonds is 8. The van der Waals surface area contributed by atoms with Crippen LogP contribution in [0.3, 0.4) is 0 Å². The van der Waals surface area contributed by atoms with E-state index in [0.717, 1.165) is 11.1 Å². The van der Waals surface area contributed by atoms with Crippen LogP contribution in [0.25, 0.3) is 0 Å². The van der Waals surface area contributed by atoms with E-state index in [1.165, 1.54) is 10.4 Å². The first kappa shape index (κ1) is 22.7. The highest BCUT2D eigenvalue weighted by molar-refractivity contribution is 7.89. The summed E-state index contributed by atoms with van der Waals surface area (Å²) in [5, 5.41) is 5.67. The summed E-state index contributed by atoms with van der Waals surface area (Å²) in [6.45, 7) is 4.46. The Labute approximate surface area is 183 Å². The molecule has 0 unspecified atom stereocenters. The van der Waals surface area contributed by atoms with E-state index in [-0.39, 0.29) is 22.8 Å². The number of amides is 2. The minimum atomic E-state index is -3.60. The smallest absolute Gasteiger partial charge is 0.243 e. The van der Waals surface area contributed by atoms with Crippen molar-refractivity contribution in [3.8, 4) is 0 Å². The Morgan fingerprint density at radius 2 is 1.65 bits per heavy atom. The third-order valence-corrected chi connectivity index (χ3v) is 7.16. The maximum Gasteiger partial charge on any atom is 0.243 e. The quantitative estimate of drug-likeness (QED) is 0.613. The first-order valence-corrected chi connectivity index (χ1v) is 11.6. The molecule has 0 bridgehead atoms. The lowest BCUT2D eigenvalue weighted by Crippen LogP contribution is -2.46. The zero-order valence-corrected chi connectivity index (χ0v) is 18.1. The van der Waals surface area contributed by atoms with Crippen LogP contribution in [0.1, 0.15) is 24.0 Å². The minimum absolute atomic E-state index is 0.0428. The number of carbonyl (C=O) groups is 2. The van der Waals surface area contributed by atoms with Crippen LogP contribution in [0.2, 0.25) is 0 Å². The molecule has 1 heterocycles. The molecule has 2 amide bonds. The van der Waals surface area contributed by atoms with Gasteiger partial charge in [-0.2, -0.15) is 4.31 Å². The van der Waals surface area contributed by atoms with E-state index >= 15 is 0 Å². The zero-order valence-electron chi connectivity index (χ0n) is 17.3. The molecule has 0 aromatic heterocycles. The molecule has 1 saturated heterocycles. The van der Waals surface area contributed by atoms with Crippen LogP contribution in [-0.2, 0) is 32.6 Å². The lowest BCUT2D eigenvalue weighted by molar-refractivity contribution is -0.120. The van der Waals surface area contributed by atoms with Crippen molar-refractivity contribution in [2.75, 3.05) is 13.1 Å². The summed E-state index contributed by atoms with van der Waals surface area (Å²) < 4.78 is 27.3. The molecule has 1 aliphatic heterocycles. The number of hydrogen-bond acceptors (Lipinski definition) is 4. The van der Waals surface area contributed by atoms with E-state index in [4.69, 9.17) is 0 Å². The summed E-state index contributed by atoms with van der Waals surface area (Å²) >= 11 is 0. The highest BCUT2D eigenvalue weighted by atomic mass is 32.2. The lowest BCUT2D eigenvalue weighted by atomic mass is 10.1. The molecule has 0 saturated carbocycles. The van der Waals surface area contributed by atoms with Gasteiger partial charge in [0.05, 0.1) is 11.3 Å². The normalized spacial score (nSPS) is 15.2. The zero-order chi connectivity index (χ0) is 22.3. The molecule has 1 aliphatic rings. The molecule has 164 valence electrons. The van der Waals surface area contributed by atoms with Crippen molar-refractivity contribution in [2.45, 2.75) is 36.7 Å². The Morgan fingerprint density at radius 1 is 1.00 bits per heavy atom. The van der Waals surface area contributed by atoms with Gasteiger partial charge in [0.2, 0.25) is 21.8 Å². The van der Waals surface area contributed by atoms with Gasteiger partial charge in [-0.05, 0) is 42.2 Å². The van der Waals surface area contributed by atoms with Crippen LogP contribution in [-0.4, -0.2) is 43.7 Å². The maximum atomic E-state index is 12.9. The number of sulfonamides is 1. The molecule has 2 aromatic rings. The van der Waals surface area contributed by atoms with Crippen LogP contribution in [0.15, 0.2) is 72.1 Å². The van der Waals surface area contributed by atoms with Gasteiger partial charge in [-0.15, -0.1) is 0 Å². The van der Waals surface area contributed by atoms with Crippen molar-refractivity contribution >= 4 is 21.8 Å². The van der Waals surface area contributed by atoms with Crippen molar-refractivity contribution in [3.05, 3.63) is 78.4 Å². The first-order valence-electron chi connectivity index (χ1n) is 10.2. The monoisotopic (exact) mass is 441 g/mol. The van der Waals surface area contributed by atoms with Crippen molar-refractivity contribution in [1.82, 2.24) is 14.9 Å². The highest BCUT2D eigenvalue weighted by Gasteiger charge is 2.29. The van der Waals surface area contributed by atoms with E-state index in [1.54, 1.807) is 24.3 Å². The average molecular weight is 442 g/mol. The van der Waals surface area contributed by atoms with E-state index < -0.39 is 10.0 Å². The van der Waals surface area contributed by atoms with Gasteiger partial charge in [-0.3, -0.25) is 9.59 Å². The summed E-state index contributed by atoms with van der Waals surface area (Å²) in [7, 11) is -3.60. The van der Waals surface area contributed by atoms with Crippen LogP contribution >= 0.6 is 0 Å². The number of nitrogens with zero attached hydrogens (tertiary/aromatic N) is 1. The molecule has 0 atom stereocenters. The summed E-state index contributed by atoms with van der Waals surface area (Å²) in [6, 6.07) is 16.0. The third-order valence-electron chi connectivity index (χ3n) is 5.24. The standard InChI is InChI=1S/C23H27N3O4S/c1-2-22(27)25-20-12-14-26(15-13-20)31(29,30)21-10-8-19(9-11-21)17-24-23(28)16-18-6-4-3-5-7-18/h2-11,20H,1,12-17H2,(H,24,28)(H,25,27). The van der Waals surface area contributed by atoms with Gasteiger partial charge >= 0.3 is 0 Å². The number of nitrogens with one attached hydrogen (secondary N) is 2. The number of benzene rings is 2. The van der Waals surface area contributed by atoms with Crippen molar-refractivity contribution in [1.29, 1.82) is 0 Å². The summed E-state index contributed by atoms with van der Waals surface area (Å²) in [4.78, 5) is 23.7. The topological polar surface area (TPSA) is 95.6 Å². The first-order chi connectivity index (χ1) is 14.9. The van der Waals surface area contributed by atoms with E-state index in [0.29, 0.717) is 38.9 Å². The lowest BCUT2D eigenvalue weighted by Gasteiger charge is -2.31. The van der Waals surface area contributed by atoms with Gasteiger partial charge in [0.1, 0.15) is 0 Å². The summed E-state index contributed by atoms with van der Waals surface area (Å²) in [5.41, 5.74) is 1.76. The Morgan fingerprint density at radius 3 is 2.26 bits per heavy atom. The van der Waals surface area contributed by atoms with Gasteiger partial charge in [0, 0.05) is 25.7 Å². The molecule has 7 nitrogen and oxygen atoms in total. The Balaban J connectivity index is 1.52. The molecule has 0 aliphatic carbocycles. The SMILES string of the molecule is C=CC(=O)NC1CCN(S(=O)(=O)c2ccc(CNC(=O)Cc3ccccc3)cc2)CC1. The molecule has 2 N–H and O–H groups in total. The van der Waals surface area contributed by atoms with Gasteiger partial charge in [0.15, 0.2) is 0 Å². The fourth-order valence-electron chi connectivity index (χ4n) is 3.47. The van der Waals surface area contributed by atoms with Crippen molar-refractivity contribution < 1.29 is 18.0 Å². The Kier molecular flexibility index (Phi) is 7.59. The van der Waals surface area contributed by atoms with Crippen LogP contribution in [0.5, 0.6) is 0 Å². The van der Waals surface area contributed by atoms with Crippen molar-refractivity contribution in [2.24, 2.45) is 0 Å². The summed E-state index contributed by atoms with van der Waals surface area (Å²) in [5.74, 6) is -0.331. The van der Waals surface area contributed by atoms with Gasteiger partial charge in [-0.1, -0.05) is 49.0 Å². The second-order valence-electron chi connectivity index (χ2n) is 7.47. The van der Waals surface area contributed by atoms with Gasteiger partial charge in [0.25, 0.3) is 0 Å². The fourth-order valence-corrected chi connectivity index (χ4v) is 4.94. The minimum Gasteiger partial charge on any atom is -0.352 e. The van der Waals surface area contributed by atoms with Crippen LogP contribution in [0.4, 0.5) is 0 Å². The predicted octanol–water partition coefficient (Wildman–Crippen LogP) is 2.00. The fraction of sp³-hybridized carbons (Fsp3) is 0.304. The molecule has 0 spiro atoms. The van der Waals surface area contributed by atoms with E-state index in [9.17, 15) is 18.0 Å². The molecule has 1 fully saturated rings. The second-order valence-corrected chi connectivity index (χ2v) is 9.41. The second kappa shape index (κ2) is 10.4. The van der Waals surface area contributed by atoms with Gasteiger partial charge in [-0.25, -0.2) is 8.42 Å². The van der Waals surface area contributed by atoms with Crippen molar-refractivity contribution in [3.63, 3.8) is 0 Å². The molecule has 31 heavy (non-hydrogen) atoms. The summed E-state index contributed by atoms with van der Waals surface area (Å²) in [6.07, 6.45) is 2.64. The van der Waals surface area contributed by atoms with Gasteiger partial charge < -0.3 is 10.6 Å². The van der Waals surface area contributed by atoms with E-state index in [2.05, 4.69) is 17.2 Å². The number of carbonyl (C=O) groups excluding carboxylic acids is 2. The maximum absolute atomic E-state index is 12.9. The molecular weight excluding hydrogens is 414 g/mol. The molecule has 3 rings (SSSR count). The highest BCUT2D eigenvalue weighted by Crippen LogP contribution is 2.21. The molecule has 0 radical (unpaired) electrons. The Bertz CT molecular complexity index is 1010. The average Bonchev–Trinajstić information content (AvgIpc) is 2.79. The molecule has 2 aromatic carbocycles. The molecule has 8 heteroatoms. The van der Waals surface area contributed by atoms with E-state index in [1.807, 2.05) is 30.3 Å². The third kappa shape index (κ3) is 6.26. The van der Waals surface area contributed by atoms with Crippen LogP contribution in [0, 0.1) is 0 Å². The number of piperidine rings is 1. The largest absolute Gasteiger partial charge is 0.352 e. The van der Waals surface area contributed by atoms with Crippen LogP contribution < -0.4 is 10.6 Å². The molecular formula is C23H27N3O4S. The Hall–Kier alpha value is -2.97. The number of hydrogen-bond donors (Lipinski definition) is 2.